The summed E-state index contributed by atoms with van der Waals surface area (Å²) in [7, 11) is 0. The molecule has 10 aromatic carbocycles. The molecule has 0 radical (unpaired) electrons. The van der Waals surface area contributed by atoms with E-state index in [2.05, 4.69) is 216 Å². The first kappa shape index (κ1) is 34.6. The van der Waals surface area contributed by atoms with Gasteiger partial charge < -0.3 is 9.13 Å². The Hall–Kier alpha value is -7.42. The molecule has 0 fully saturated rings. The van der Waals surface area contributed by atoms with Crippen LogP contribution in [0.25, 0.3) is 110 Å². The molecule has 0 spiro atoms. The van der Waals surface area contributed by atoms with E-state index >= 15 is 0 Å². The monoisotopic (exact) mass is 766 g/mol. The van der Waals surface area contributed by atoms with Crippen molar-refractivity contribution in [2.75, 3.05) is 0 Å². The van der Waals surface area contributed by atoms with E-state index in [1.807, 2.05) is 0 Å². The number of aryl methyl sites for hydroxylation is 1. The standard InChI is InChI=1S/C58H42N2/c1-2-3-15-38-16-14-17-41(34-38)43-18-8-11-25-54(43)60-56-27-13-10-24-50(56)53-36-40(29-33-58(53)60)39-28-32-57-52(35-39)49-23-9-12-26-55(49)59(57)42-30-31-48-46-21-5-4-19-44(46)45-20-6-7-22-47(45)51(48)37-42/h4-14,16-37H,2-3,15H2,1H3. The normalized spacial score (nSPS) is 11.9. The predicted molar refractivity (Wildman–Crippen MR) is 257 cm³/mol. The highest BCUT2D eigenvalue weighted by atomic mass is 15.0. The van der Waals surface area contributed by atoms with Gasteiger partial charge in [-0.3, -0.25) is 0 Å². The fourth-order valence-electron chi connectivity index (χ4n) is 10.1. The molecule has 12 rings (SSSR count). The molecule has 60 heavy (non-hydrogen) atoms. The molecule has 0 amide bonds. The first-order valence-electron chi connectivity index (χ1n) is 21.3. The van der Waals surface area contributed by atoms with Gasteiger partial charge in [0.25, 0.3) is 0 Å². The van der Waals surface area contributed by atoms with Crippen molar-refractivity contribution in [3.05, 3.63) is 206 Å². The zero-order chi connectivity index (χ0) is 39.7. The highest BCUT2D eigenvalue weighted by Gasteiger charge is 2.19. The first-order chi connectivity index (χ1) is 29.7. The summed E-state index contributed by atoms with van der Waals surface area (Å²) < 4.78 is 4.92. The van der Waals surface area contributed by atoms with Crippen LogP contribution in [0.4, 0.5) is 0 Å². The number of para-hydroxylation sites is 3. The fourth-order valence-corrected chi connectivity index (χ4v) is 10.1. The average Bonchev–Trinajstić information content (AvgIpc) is 3.83. The lowest BCUT2D eigenvalue weighted by molar-refractivity contribution is 0.795. The number of hydrogen-bond acceptors (Lipinski definition) is 0. The molecule has 0 aliphatic heterocycles. The van der Waals surface area contributed by atoms with Gasteiger partial charge in [0.15, 0.2) is 0 Å². The van der Waals surface area contributed by atoms with Gasteiger partial charge in [0.05, 0.1) is 27.8 Å². The maximum atomic E-state index is 2.47. The van der Waals surface area contributed by atoms with Crippen molar-refractivity contribution >= 4 is 75.9 Å². The van der Waals surface area contributed by atoms with Crippen LogP contribution in [0.2, 0.25) is 0 Å². The Bertz CT molecular complexity index is 3620. The van der Waals surface area contributed by atoms with Gasteiger partial charge >= 0.3 is 0 Å². The summed E-state index contributed by atoms with van der Waals surface area (Å²) in [4.78, 5) is 0. The molecule has 0 saturated heterocycles. The predicted octanol–water partition coefficient (Wildman–Crippen LogP) is 16.0. The van der Waals surface area contributed by atoms with Gasteiger partial charge in [-0.15, -0.1) is 0 Å². The van der Waals surface area contributed by atoms with Crippen LogP contribution in [0.15, 0.2) is 200 Å². The molecule has 0 N–H and O–H groups in total. The Morgan fingerprint density at radius 2 is 0.850 bits per heavy atom. The number of nitrogens with zero attached hydrogens (tertiary/aromatic N) is 2. The minimum absolute atomic E-state index is 1.11. The van der Waals surface area contributed by atoms with Gasteiger partial charge in [-0.25, -0.2) is 0 Å². The highest BCUT2D eigenvalue weighted by Crippen LogP contribution is 2.41. The number of unbranched alkanes of at least 4 members (excludes halogenated alkanes) is 1. The van der Waals surface area contributed by atoms with E-state index in [1.165, 1.54) is 128 Å². The third-order valence-electron chi connectivity index (χ3n) is 12.9. The molecule has 0 saturated carbocycles. The lowest BCUT2D eigenvalue weighted by atomic mass is 9.94. The number of rotatable bonds is 7. The van der Waals surface area contributed by atoms with Gasteiger partial charge in [0.1, 0.15) is 0 Å². The van der Waals surface area contributed by atoms with Crippen molar-refractivity contribution in [2.45, 2.75) is 26.2 Å². The smallest absolute Gasteiger partial charge is 0.0541 e. The van der Waals surface area contributed by atoms with E-state index in [9.17, 15) is 0 Å². The van der Waals surface area contributed by atoms with Crippen LogP contribution < -0.4 is 0 Å². The van der Waals surface area contributed by atoms with E-state index in [0.29, 0.717) is 0 Å². The summed E-state index contributed by atoms with van der Waals surface area (Å²) >= 11 is 0. The minimum atomic E-state index is 1.11. The molecule has 12 aromatic rings. The van der Waals surface area contributed by atoms with E-state index in [4.69, 9.17) is 0 Å². The number of fused-ring (bicyclic) bond motifs is 12. The van der Waals surface area contributed by atoms with E-state index in [1.54, 1.807) is 0 Å². The van der Waals surface area contributed by atoms with Crippen molar-refractivity contribution in [1.29, 1.82) is 0 Å². The largest absolute Gasteiger partial charge is 0.309 e. The molecule has 2 heterocycles. The quantitative estimate of drug-likeness (QED) is 0.143. The van der Waals surface area contributed by atoms with Crippen LogP contribution in [0, 0.1) is 0 Å². The maximum absolute atomic E-state index is 2.47. The van der Waals surface area contributed by atoms with Crippen molar-refractivity contribution in [2.24, 2.45) is 0 Å². The zero-order valence-electron chi connectivity index (χ0n) is 33.6. The van der Waals surface area contributed by atoms with Gasteiger partial charge in [0.2, 0.25) is 0 Å². The topological polar surface area (TPSA) is 9.86 Å². The first-order valence-corrected chi connectivity index (χ1v) is 21.3. The Morgan fingerprint density at radius 1 is 0.333 bits per heavy atom. The Balaban J connectivity index is 1.01. The molecule has 0 unspecified atom stereocenters. The molecule has 0 aliphatic carbocycles. The molecular formula is C58H42N2. The third kappa shape index (κ3) is 5.34. The van der Waals surface area contributed by atoms with Crippen LogP contribution in [-0.2, 0) is 6.42 Å². The molecule has 0 atom stereocenters. The number of aromatic nitrogens is 2. The van der Waals surface area contributed by atoms with Crippen molar-refractivity contribution in [3.63, 3.8) is 0 Å². The van der Waals surface area contributed by atoms with Gasteiger partial charge in [-0.2, -0.15) is 0 Å². The second-order valence-corrected chi connectivity index (χ2v) is 16.3. The van der Waals surface area contributed by atoms with E-state index < -0.39 is 0 Å². The van der Waals surface area contributed by atoms with Crippen LogP contribution in [-0.4, -0.2) is 9.13 Å². The number of benzene rings is 10. The maximum Gasteiger partial charge on any atom is 0.0541 e. The Morgan fingerprint density at radius 3 is 1.50 bits per heavy atom. The average molecular weight is 767 g/mol. The minimum Gasteiger partial charge on any atom is -0.309 e. The highest BCUT2D eigenvalue weighted by molar-refractivity contribution is 6.25. The summed E-state index contributed by atoms with van der Waals surface area (Å²) in [5.74, 6) is 0. The van der Waals surface area contributed by atoms with Gasteiger partial charge in [-0.1, -0.05) is 159 Å². The van der Waals surface area contributed by atoms with E-state index in [-0.39, 0.29) is 0 Å². The van der Waals surface area contributed by atoms with Crippen LogP contribution in [0.1, 0.15) is 25.3 Å². The molecule has 2 aromatic heterocycles. The van der Waals surface area contributed by atoms with Crippen molar-refractivity contribution in [1.82, 2.24) is 9.13 Å². The zero-order valence-corrected chi connectivity index (χ0v) is 33.6. The molecule has 2 heteroatoms. The van der Waals surface area contributed by atoms with Crippen molar-refractivity contribution in [3.8, 4) is 33.6 Å². The van der Waals surface area contributed by atoms with Crippen molar-refractivity contribution < 1.29 is 0 Å². The molecule has 2 nitrogen and oxygen atoms in total. The summed E-state index contributed by atoms with van der Waals surface area (Å²) in [5.41, 5.74) is 13.6. The van der Waals surface area contributed by atoms with E-state index in [0.717, 1.165) is 6.42 Å². The fraction of sp³-hybridized carbons (Fsp3) is 0.0690. The molecule has 0 aliphatic rings. The third-order valence-corrected chi connectivity index (χ3v) is 12.9. The Kier molecular flexibility index (Phi) is 7.99. The van der Waals surface area contributed by atoms with Crippen LogP contribution in [0.5, 0.6) is 0 Å². The second-order valence-electron chi connectivity index (χ2n) is 16.3. The summed E-state index contributed by atoms with van der Waals surface area (Å²) in [6.45, 7) is 2.26. The lowest BCUT2D eigenvalue weighted by Gasteiger charge is -2.15. The number of hydrogen-bond donors (Lipinski definition) is 0. The molecule has 284 valence electrons. The summed E-state index contributed by atoms with van der Waals surface area (Å²) in [5, 5.41) is 12.8. The molecule has 0 bridgehead atoms. The molecular weight excluding hydrogens is 725 g/mol. The van der Waals surface area contributed by atoms with Gasteiger partial charge in [-0.05, 0) is 122 Å². The SMILES string of the molecule is CCCCc1cccc(-c2ccccc2-n2c3ccccc3c3cc(-c4ccc5c(c4)c4ccccc4n5-c4ccc5c6ccccc6c6ccccc6c5c4)ccc32)c1. The summed E-state index contributed by atoms with van der Waals surface area (Å²) in [6.07, 6.45) is 3.51. The van der Waals surface area contributed by atoms with Crippen LogP contribution >= 0.6 is 0 Å². The van der Waals surface area contributed by atoms with Crippen LogP contribution in [0.3, 0.4) is 0 Å². The lowest BCUT2D eigenvalue weighted by Crippen LogP contribution is -1.97. The summed E-state index contributed by atoms with van der Waals surface area (Å²) in [6, 6.07) is 74.5. The van der Waals surface area contributed by atoms with Gasteiger partial charge in [0, 0.05) is 32.8 Å². The Labute approximate surface area is 349 Å². The second kappa shape index (κ2) is 13.9.